The summed E-state index contributed by atoms with van der Waals surface area (Å²) in [5.74, 6) is 0.752. The lowest BCUT2D eigenvalue weighted by molar-refractivity contribution is 0.0890. The number of rotatable bonds is 3. The van der Waals surface area contributed by atoms with Gasteiger partial charge in [0.2, 0.25) is 0 Å². The van der Waals surface area contributed by atoms with E-state index >= 15 is 0 Å². The molecule has 0 amide bonds. The van der Waals surface area contributed by atoms with Crippen LogP contribution in [0.3, 0.4) is 0 Å². The second-order valence-corrected chi connectivity index (χ2v) is 8.02. The Morgan fingerprint density at radius 2 is 1.83 bits per heavy atom. The zero-order chi connectivity index (χ0) is 20.7. The molecule has 5 heteroatoms. The maximum Gasteiger partial charge on any atom is 0.336 e. The van der Waals surface area contributed by atoms with Crippen LogP contribution >= 0.6 is 11.6 Å². The summed E-state index contributed by atoms with van der Waals surface area (Å²) in [6, 6.07) is 21.4. The van der Waals surface area contributed by atoms with E-state index in [0.717, 1.165) is 38.4 Å². The molecule has 1 aliphatic heterocycles. The molecule has 1 aliphatic rings. The molecule has 0 unspecified atom stereocenters. The van der Waals surface area contributed by atoms with Crippen molar-refractivity contribution in [2.24, 2.45) is 0 Å². The largest absolute Gasteiger partial charge is 0.478 e. The van der Waals surface area contributed by atoms with Crippen LogP contribution in [0.4, 0.5) is 0 Å². The second kappa shape index (κ2) is 7.63. The lowest BCUT2D eigenvalue weighted by Gasteiger charge is -2.29. The zero-order valence-corrected chi connectivity index (χ0v) is 17.3. The second-order valence-electron chi connectivity index (χ2n) is 7.62. The van der Waals surface area contributed by atoms with Crippen LogP contribution in [-0.4, -0.2) is 11.6 Å². The molecule has 0 fully saturated rings. The predicted octanol–water partition coefficient (Wildman–Crippen LogP) is 5.77. The Morgan fingerprint density at radius 3 is 2.63 bits per heavy atom. The van der Waals surface area contributed by atoms with Crippen LogP contribution in [0.1, 0.15) is 16.7 Å². The molecule has 0 N–H and O–H groups in total. The molecule has 2 heterocycles. The number of ether oxygens (including phenoxy) is 1. The first-order chi connectivity index (χ1) is 14.6. The van der Waals surface area contributed by atoms with E-state index in [4.69, 9.17) is 20.8 Å². The topological polar surface area (TPSA) is 42.7 Å². The van der Waals surface area contributed by atoms with Crippen LogP contribution in [0.2, 0.25) is 5.02 Å². The van der Waals surface area contributed by atoms with Crippen molar-refractivity contribution in [3.05, 3.63) is 98.9 Å². The highest BCUT2D eigenvalue weighted by molar-refractivity contribution is 6.31. The molecule has 30 heavy (non-hydrogen) atoms. The number of aryl methyl sites for hydroxylation is 1. The summed E-state index contributed by atoms with van der Waals surface area (Å²) < 4.78 is 11.7. The lowest BCUT2D eigenvalue weighted by atomic mass is 9.98. The van der Waals surface area contributed by atoms with Crippen molar-refractivity contribution in [2.75, 3.05) is 6.73 Å². The molecular formula is C25H20ClNO3. The quantitative estimate of drug-likeness (QED) is 0.396. The van der Waals surface area contributed by atoms with Gasteiger partial charge in [0, 0.05) is 29.6 Å². The third kappa shape index (κ3) is 3.49. The number of fused-ring (bicyclic) bond motifs is 3. The molecule has 0 bridgehead atoms. The Bertz CT molecular complexity index is 1290. The third-order valence-electron chi connectivity index (χ3n) is 5.47. The summed E-state index contributed by atoms with van der Waals surface area (Å²) in [5.41, 5.74) is 5.17. The maximum absolute atomic E-state index is 12.4. The lowest BCUT2D eigenvalue weighted by Crippen LogP contribution is -2.31. The van der Waals surface area contributed by atoms with Gasteiger partial charge in [0.05, 0.1) is 5.56 Å². The average Bonchev–Trinajstić information content (AvgIpc) is 2.75. The third-order valence-corrected chi connectivity index (χ3v) is 5.84. The van der Waals surface area contributed by atoms with E-state index < -0.39 is 0 Å². The first-order valence-electron chi connectivity index (χ1n) is 9.84. The zero-order valence-electron chi connectivity index (χ0n) is 16.5. The van der Waals surface area contributed by atoms with E-state index in [2.05, 4.69) is 4.90 Å². The first-order valence-corrected chi connectivity index (χ1v) is 10.2. The fourth-order valence-electron chi connectivity index (χ4n) is 3.92. The number of halogens is 1. The van der Waals surface area contributed by atoms with Crippen molar-refractivity contribution < 1.29 is 9.15 Å². The minimum Gasteiger partial charge on any atom is -0.478 e. The van der Waals surface area contributed by atoms with Gasteiger partial charge in [-0.1, -0.05) is 59.6 Å². The van der Waals surface area contributed by atoms with Crippen molar-refractivity contribution in [3.8, 4) is 16.9 Å². The van der Waals surface area contributed by atoms with Gasteiger partial charge in [-0.2, -0.15) is 0 Å². The smallest absolute Gasteiger partial charge is 0.336 e. The molecule has 150 valence electrons. The van der Waals surface area contributed by atoms with Gasteiger partial charge in [0.15, 0.2) is 0 Å². The minimum atomic E-state index is -0.366. The summed E-state index contributed by atoms with van der Waals surface area (Å²) in [6.07, 6.45) is 0. The molecular weight excluding hydrogens is 398 g/mol. The van der Waals surface area contributed by atoms with Crippen LogP contribution in [0.15, 0.2) is 75.9 Å². The van der Waals surface area contributed by atoms with Gasteiger partial charge in [-0.25, -0.2) is 4.79 Å². The highest BCUT2D eigenvalue weighted by atomic mass is 35.5. The predicted molar refractivity (Wildman–Crippen MR) is 119 cm³/mol. The normalized spacial score (nSPS) is 13.8. The van der Waals surface area contributed by atoms with Gasteiger partial charge in [-0.15, -0.1) is 0 Å². The molecule has 1 aromatic heterocycles. The van der Waals surface area contributed by atoms with Crippen LogP contribution in [0, 0.1) is 6.92 Å². The van der Waals surface area contributed by atoms with Crippen LogP contribution in [0.5, 0.6) is 5.75 Å². The number of hydrogen-bond acceptors (Lipinski definition) is 4. The van der Waals surface area contributed by atoms with Crippen molar-refractivity contribution in [1.82, 2.24) is 4.90 Å². The fraction of sp³-hybridized carbons (Fsp3) is 0.160. The summed E-state index contributed by atoms with van der Waals surface area (Å²) in [4.78, 5) is 14.5. The fourth-order valence-corrected chi connectivity index (χ4v) is 4.12. The highest BCUT2D eigenvalue weighted by Gasteiger charge is 2.23. The molecule has 0 aliphatic carbocycles. The van der Waals surface area contributed by atoms with Crippen molar-refractivity contribution in [2.45, 2.75) is 20.0 Å². The van der Waals surface area contributed by atoms with Gasteiger partial charge in [-0.05, 0) is 41.8 Å². The Morgan fingerprint density at radius 1 is 1.03 bits per heavy atom. The summed E-state index contributed by atoms with van der Waals surface area (Å²) in [6.45, 7) is 3.75. The monoisotopic (exact) mass is 417 g/mol. The summed E-state index contributed by atoms with van der Waals surface area (Å²) in [5, 5.41) is 1.63. The standard InChI is InChI=1S/C25H20ClNO3/c1-16-6-8-17(9-7-16)20-12-24(28)30-25-19(20)10-11-23-21(25)14-27(15-29-23)13-18-4-2-3-5-22(18)26/h2-12H,13-15H2,1H3. The van der Waals surface area contributed by atoms with Gasteiger partial charge >= 0.3 is 5.63 Å². The molecule has 4 nitrogen and oxygen atoms in total. The first kappa shape index (κ1) is 18.9. The van der Waals surface area contributed by atoms with E-state index in [9.17, 15) is 4.79 Å². The van der Waals surface area contributed by atoms with Crippen molar-refractivity contribution in [3.63, 3.8) is 0 Å². The van der Waals surface area contributed by atoms with E-state index in [0.29, 0.717) is 25.4 Å². The number of nitrogens with zero attached hydrogens (tertiary/aromatic N) is 1. The molecule has 0 radical (unpaired) electrons. The summed E-state index contributed by atoms with van der Waals surface area (Å²) >= 11 is 6.33. The minimum absolute atomic E-state index is 0.366. The van der Waals surface area contributed by atoms with Gasteiger partial charge in [0.25, 0.3) is 0 Å². The number of benzene rings is 3. The van der Waals surface area contributed by atoms with Crippen molar-refractivity contribution >= 4 is 22.6 Å². The SMILES string of the molecule is Cc1ccc(-c2cc(=O)oc3c4c(ccc23)OCN(Cc2ccccc2Cl)C4)cc1. The number of hydrogen-bond donors (Lipinski definition) is 0. The molecule has 0 saturated carbocycles. The molecule has 4 aromatic rings. The molecule has 5 rings (SSSR count). The van der Waals surface area contributed by atoms with Gasteiger partial charge in [0.1, 0.15) is 18.1 Å². The van der Waals surface area contributed by atoms with Crippen LogP contribution < -0.4 is 10.4 Å². The Kier molecular flexibility index (Phi) is 4.81. The molecule has 0 atom stereocenters. The van der Waals surface area contributed by atoms with E-state index in [1.54, 1.807) is 6.07 Å². The summed E-state index contributed by atoms with van der Waals surface area (Å²) in [7, 11) is 0. The van der Waals surface area contributed by atoms with E-state index in [-0.39, 0.29) is 5.63 Å². The van der Waals surface area contributed by atoms with Crippen molar-refractivity contribution in [1.29, 1.82) is 0 Å². The maximum atomic E-state index is 12.4. The molecule has 0 saturated heterocycles. The Labute approximate surface area is 179 Å². The van der Waals surface area contributed by atoms with Crippen LogP contribution in [0.25, 0.3) is 22.1 Å². The average molecular weight is 418 g/mol. The Balaban J connectivity index is 1.58. The molecule has 3 aromatic carbocycles. The van der Waals surface area contributed by atoms with E-state index in [1.165, 1.54) is 5.56 Å². The molecule has 0 spiro atoms. The highest BCUT2D eigenvalue weighted by Crippen LogP contribution is 2.36. The Hall–Kier alpha value is -3.08. The van der Waals surface area contributed by atoms with E-state index in [1.807, 2.05) is 67.6 Å². The van der Waals surface area contributed by atoms with Gasteiger partial charge < -0.3 is 9.15 Å². The van der Waals surface area contributed by atoms with Gasteiger partial charge in [-0.3, -0.25) is 4.90 Å². The van der Waals surface area contributed by atoms with Crippen LogP contribution in [-0.2, 0) is 13.1 Å².